The maximum Gasteiger partial charge on any atom is 0.335 e. The van der Waals surface area contributed by atoms with Gasteiger partial charge in [-0.1, -0.05) is 18.2 Å². The third-order valence-corrected chi connectivity index (χ3v) is 3.14. The zero-order chi connectivity index (χ0) is 14.1. The number of aromatic carboxylic acids is 1. The normalized spacial score (nSPS) is 10.8. The largest absolute Gasteiger partial charge is 0.478 e. The number of nitrogens with zero attached hydrogens (tertiary/aromatic N) is 1. The summed E-state index contributed by atoms with van der Waals surface area (Å²) < 4.78 is 5.43. The van der Waals surface area contributed by atoms with Crippen molar-refractivity contribution in [2.24, 2.45) is 0 Å². The molecule has 0 saturated carbocycles. The van der Waals surface area contributed by atoms with Gasteiger partial charge in [-0.25, -0.2) is 9.78 Å². The summed E-state index contributed by atoms with van der Waals surface area (Å²) in [5.74, 6) is -0.264. The van der Waals surface area contributed by atoms with E-state index in [1.165, 1.54) is 0 Å². The summed E-state index contributed by atoms with van der Waals surface area (Å²) in [6, 6.07) is 12.8. The Morgan fingerprint density at radius 3 is 2.80 bits per heavy atom. The zero-order valence-corrected chi connectivity index (χ0v) is 11.0. The van der Waals surface area contributed by atoms with Crippen molar-refractivity contribution in [2.45, 2.75) is 13.3 Å². The quantitative estimate of drug-likeness (QED) is 0.789. The maximum atomic E-state index is 11.0. The summed E-state index contributed by atoms with van der Waals surface area (Å²) in [7, 11) is 0. The Bertz CT molecular complexity index is 789. The lowest BCUT2D eigenvalue weighted by molar-refractivity contribution is 0.0697. The molecule has 0 atom stereocenters. The smallest absolute Gasteiger partial charge is 0.335 e. The second-order valence-electron chi connectivity index (χ2n) is 4.72. The number of fused-ring (bicyclic) bond motifs is 1. The first kappa shape index (κ1) is 12.4. The molecule has 0 amide bonds. The highest BCUT2D eigenvalue weighted by Gasteiger charge is 2.06. The Balaban J connectivity index is 1.92. The van der Waals surface area contributed by atoms with Gasteiger partial charge in [0, 0.05) is 6.92 Å². The molecule has 0 fully saturated rings. The van der Waals surface area contributed by atoms with E-state index in [-0.39, 0.29) is 0 Å². The van der Waals surface area contributed by atoms with Gasteiger partial charge in [0.2, 0.25) is 0 Å². The van der Waals surface area contributed by atoms with Gasteiger partial charge in [-0.15, -0.1) is 0 Å². The first-order valence-electron chi connectivity index (χ1n) is 6.30. The molecule has 4 heteroatoms. The van der Waals surface area contributed by atoms with Gasteiger partial charge in [-0.05, 0) is 41.8 Å². The molecule has 0 radical (unpaired) electrons. The molecule has 0 aliphatic rings. The summed E-state index contributed by atoms with van der Waals surface area (Å²) in [6.45, 7) is 1.82. The fraction of sp³-hybridized carbons (Fsp3) is 0.125. The van der Waals surface area contributed by atoms with Crippen LogP contribution in [0.15, 0.2) is 46.9 Å². The molecule has 0 bridgehead atoms. The number of hydrogen-bond donors (Lipinski definition) is 1. The van der Waals surface area contributed by atoms with Crippen molar-refractivity contribution in [1.82, 2.24) is 4.98 Å². The van der Waals surface area contributed by atoms with Gasteiger partial charge >= 0.3 is 5.97 Å². The van der Waals surface area contributed by atoms with Gasteiger partial charge < -0.3 is 9.52 Å². The van der Waals surface area contributed by atoms with Gasteiger partial charge in [0.1, 0.15) is 5.52 Å². The molecular formula is C16H13NO3. The maximum absolute atomic E-state index is 11.0. The summed E-state index contributed by atoms with van der Waals surface area (Å²) in [5, 5.41) is 9.00. The van der Waals surface area contributed by atoms with E-state index in [1.807, 2.05) is 31.2 Å². The van der Waals surface area contributed by atoms with E-state index in [1.54, 1.807) is 18.2 Å². The minimum atomic E-state index is -0.908. The molecule has 0 aliphatic carbocycles. The molecule has 2 aromatic carbocycles. The fourth-order valence-corrected chi connectivity index (χ4v) is 2.25. The molecule has 3 aromatic rings. The molecule has 0 aliphatic heterocycles. The third kappa shape index (κ3) is 2.40. The minimum Gasteiger partial charge on any atom is -0.478 e. The highest BCUT2D eigenvalue weighted by atomic mass is 16.4. The summed E-state index contributed by atoms with van der Waals surface area (Å²) >= 11 is 0. The molecule has 4 nitrogen and oxygen atoms in total. The van der Waals surface area contributed by atoms with Gasteiger partial charge in [-0.2, -0.15) is 0 Å². The summed E-state index contributed by atoms with van der Waals surface area (Å²) in [6.07, 6.45) is 0.670. The number of aryl methyl sites for hydroxylation is 1. The zero-order valence-electron chi connectivity index (χ0n) is 11.0. The topological polar surface area (TPSA) is 63.3 Å². The molecule has 0 saturated heterocycles. The van der Waals surface area contributed by atoms with Gasteiger partial charge in [0.25, 0.3) is 0 Å². The predicted octanol–water partition coefficient (Wildman–Crippen LogP) is 3.43. The number of benzene rings is 2. The highest BCUT2D eigenvalue weighted by Crippen LogP contribution is 2.19. The molecule has 20 heavy (non-hydrogen) atoms. The number of aromatic nitrogens is 1. The van der Waals surface area contributed by atoms with E-state index in [0.717, 1.165) is 22.2 Å². The van der Waals surface area contributed by atoms with Crippen molar-refractivity contribution >= 4 is 17.1 Å². The second kappa shape index (κ2) is 4.81. The van der Waals surface area contributed by atoms with Crippen LogP contribution in [-0.4, -0.2) is 16.1 Å². The minimum absolute atomic E-state index is 0.306. The average Bonchev–Trinajstić information content (AvgIpc) is 2.78. The molecule has 3 rings (SSSR count). The lowest BCUT2D eigenvalue weighted by atomic mass is 10.0. The van der Waals surface area contributed by atoms with E-state index in [0.29, 0.717) is 17.9 Å². The van der Waals surface area contributed by atoms with E-state index in [9.17, 15) is 4.79 Å². The van der Waals surface area contributed by atoms with Crippen LogP contribution in [0.5, 0.6) is 0 Å². The van der Waals surface area contributed by atoms with Crippen molar-refractivity contribution in [3.05, 3.63) is 65.0 Å². The molecule has 1 N–H and O–H groups in total. The Morgan fingerprint density at radius 2 is 2.00 bits per heavy atom. The van der Waals surface area contributed by atoms with Crippen molar-refractivity contribution in [3.63, 3.8) is 0 Å². The summed E-state index contributed by atoms with van der Waals surface area (Å²) in [5.41, 5.74) is 3.94. The monoisotopic (exact) mass is 267 g/mol. The lowest BCUT2D eigenvalue weighted by Crippen LogP contribution is -1.97. The number of hydrogen-bond acceptors (Lipinski definition) is 3. The van der Waals surface area contributed by atoms with Crippen molar-refractivity contribution in [2.75, 3.05) is 0 Å². The van der Waals surface area contributed by atoms with Crippen LogP contribution in [0, 0.1) is 6.92 Å². The molecule has 0 unspecified atom stereocenters. The molecule has 1 heterocycles. The van der Waals surface area contributed by atoms with Crippen molar-refractivity contribution < 1.29 is 14.3 Å². The van der Waals surface area contributed by atoms with Crippen LogP contribution in [0.25, 0.3) is 11.1 Å². The number of carbonyl (C=O) groups is 1. The molecular weight excluding hydrogens is 254 g/mol. The predicted molar refractivity (Wildman–Crippen MR) is 75.0 cm³/mol. The Labute approximate surface area is 115 Å². The van der Waals surface area contributed by atoms with Crippen LogP contribution < -0.4 is 0 Å². The van der Waals surface area contributed by atoms with Gasteiger partial charge in [-0.3, -0.25) is 0 Å². The Kier molecular flexibility index (Phi) is 2.99. The summed E-state index contributed by atoms with van der Waals surface area (Å²) in [4.78, 5) is 15.3. The Morgan fingerprint density at radius 1 is 1.20 bits per heavy atom. The highest BCUT2D eigenvalue weighted by molar-refractivity contribution is 5.87. The first-order valence-corrected chi connectivity index (χ1v) is 6.30. The van der Waals surface area contributed by atoms with Crippen LogP contribution in [0.3, 0.4) is 0 Å². The Hall–Kier alpha value is -2.62. The van der Waals surface area contributed by atoms with Crippen LogP contribution in [0.2, 0.25) is 0 Å². The molecule has 0 spiro atoms. The fourth-order valence-electron chi connectivity index (χ4n) is 2.25. The van der Waals surface area contributed by atoms with E-state index < -0.39 is 5.97 Å². The number of oxazole rings is 1. The van der Waals surface area contributed by atoms with Crippen LogP contribution in [0.1, 0.15) is 27.4 Å². The van der Waals surface area contributed by atoms with E-state index in [4.69, 9.17) is 9.52 Å². The average molecular weight is 267 g/mol. The third-order valence-electron chi connectivity index (χ3n) is 3.14. The van der Waals surface area contributed by atoms with Crippen molar-refractivity contribution in [3.8, 4) is 0 Å². The standard InChI is InChI=1S/C16H13NO3/c1-10-17-14-9-12(5-6-15(14)20-10)7-11-3-2-4-13(8-11)16(18)19/h2-6,8-9H,7H2,1H3,(H,18,19). The SMILES string of the molecule is Cc1nc2cc(Cc3cccc(C(=O)O)c3)ccc2o1. The molecule has 100 valence electrons. The van der Waals surface area contributed by atoms with Crippen LogP contribution in [-0.2, 0) is 6.42 Å². The van der Waals surface area contributed by atoms with E-state index in [2.05, 4.69) is 4.98 Å². The van der Waals surface area contributed by atoms with Gasteiger partial charge in [0.15, 0.2) is 11.5 Å². The molecule has 1 aromatic heterocycles. The lowest BCUT2D eigenvalue weighted by Gasteiger charge is -2.03. The second-order valence-corrected chi connectivity index (χ2v) is 4.72. The van der Waals surface area contributed by atoms with Crippen molar-refractivity contribution in [1.29, 1.82) is 0 Å². The van der Waals surface area contributed by atoms with Gasteiger partial charge in [0.05, 0.1) is 5.56 Å². The van der Waals surface area contributed by atoms with E-state index >= 15 is 0 Å². The first-order chi connectivity index (χ1) is 9.61. The number of carboxylic acids is 1. The van der Waals surface area contributed by atoms with Crippen LogP contribution in [0.4, 0.5) is 0 Å². The number of rotatable bonds is 3. The van der Waals surface area contributed by atoms with Crippen LogP contribution >= 0.6 is 0 Å². The number of carboxylic acid groups (broad SMARTS) is 1.